The number of hydrogen-bond donors (Lipinski definition) is 1. The van der Waals surface area contributed by atoms with Crippen LogP contribution in [0.15, 0.2) is 55.0 Å². The molecule has 10 heteroatoms. The Morgan fingerprint density at radius 2 is 1.86 bits per heavy atom. The van der Waals surface area contributed by atoms with Gasteiger partial charge in [-0.05, 0) is 56.6 Å². The number of hydrogen-bond acceptors (Lipinski definition) is 7. The number of anilines is 1. The average molecular weight is 504 g/mol. The van der Waals surface area contributed by atoms with Gasteiger partial charge in [-0.1, -0.05) is 12.1 Å². The first-order chi connectivity index (χ1) is 17.9. The first kappa shape index (κ1) is 24.6. The molecule has 0 bridgehead atoms. The van der Waals surface area contributed by atoms with E-state index in [-0.39, 0.29) is 28.9 Å². The Morgan fingerprint density at radius 1 is 1.11 bits per heavy atom. The Hall–Kier alpha value is -4.10. The van der Waals surface area contributed by atoms with Crippen molar-refractivity contribution in [2.75, 3.05) is 25.5 Å². The minimum absolute atomic E-state index is 0.125. The van der Waals surface area contributed by atoms with E-state index in [0.29, 0.717) is 17.3 Å². The highest BCUT2D eigenvalue weighted by atomic mass is 19.3. The second-order valence-electron chi connectivity index (χ2n) is 9.22. The highest BCUT2D eigenvalue weighted by Crippen LogP contribution is 2.29. The Morgan fingerprint density at radius 3 is 2.57 bits per heavy atom. The lowest BCUT2D eigenvalue weighted by molar-refractivity contribution is 0.114. The number of nitriles is 1. The number of pyridine rings is 1. The van der Waals surface area contributed by atoms with Crippen molar-refractivity contribution in [3.05, 3.63) is 71.7 Å². The fourth-order valence-electron chi connectivity index (χ4n) is 4.51. The molecule has 1 aliphatic rings. The summed E-state index contributed by atoms with van der Waals surface area (Å²) in [6.07, 6.45) is 4.10. The predicted molar refractivity (Wildman–Crippen MR) is 136 cm³/mol. The maximum absolute atomic E-state index is 13.4. The zero-order valence-electron chi connectivity index (χ0n) is 20.6. The molecule has 0 saturated carbocycles. The number of likely N-dealkylation sites (tertiary alicyclic amines) is 1. The second-order valence-corrected chi connectivity index (χ2v) is 9.22. The molecule has 0 spiro atoms. The molecule has 1 saturated heterocycles. The van der Waals surface area contributed by atoms with Crippen molar-refractivity contribution in [2.45, 2.75) is 38.3 Å². The molecule has 4 aromatic rings. The van der Waals surface area contributed by atoms with Crippen LogP contribution in [-0.2, 0) is 0 Å². The zero-order valence-corrected chi connectivity index (χ0v) is 20.6. The lowest BCUT2D eigenvalue weighted by atomic mass is 10.1. The summed E-state index contributed by atoms with van der Waals surface area (Å²) in [6, 6.07) is 12.7. The van der Waals surface area contributed by atoms with Gasteiger partial charge < -0.3 is 15.0 Å². The summed E-state index contributed by atoms with van der Waals surface area (Å²) in [5.74, 6) is 1.16. The monoisotopic (exact) mass is 503 g/mol. The predicted octanol–water partition coefficient (Wildman–Crippen LogP) is 5.25. The molecule has 1 N–H and O–H groups in total. The number of piperidine rings is 1. The fraction of sp³-hybridized carbons (Fsp3) is 0.333. The van der Waals surface area contributed by atoms with Gasteiger partial charge in [-0.2, -0.15) is 5.26 Å². The third kappa shape index (κ3) is 5.22. The highest BCUT2D eigenvalue weighted by Gasteiger charge is 2.20. The number of ether oxygens (including phenoxy) is 1. The van der Waals surface area contributed by atoms with Crippen molar-refractivity contribution in [1.29, 1.82) is 5.26 Å². The number of aromatic nitrogens is 4. The molecule has 0 amide bonds. The first-order valence-electron chi connectivity index (χ1n) is 12.2. The lowest BCUT2D eigenvalue weighted by Gasteiger charge is -2.29. The molecular formula is C27H27F2N7O. The largest absolute Gasteiger partial charge is 0.490 e. The molecule has 1 atom stereocenters. The summed E-state index contributed by atoms with van der Waals surface area (Å²) in [5.41, 5.74) is 1.92. The van der Waals surface area contributed by atoms with Gasteiger partial charge in [-0.25, -0.2) is 23.7 Å². The Balaban J connectivity index is 1.34. The number of benzene rings is 1. The summed E-state index contributed by atoms with van der Waals surface area (Å²) in [7, 11) is 2.13. The highest BCUT2D eigenvalue weighted by molar-refractivity contribution is 5.68. The van der Waals surface area contributed by atoms with Crippen LogP contribution in [0.3, 0.4) is 0 Å². The molecule has 1 aromatic carbocycles. The van der Waals surface area contributed by atoms with Crippen LogP contribution in [0.2, 0.25) is 0 Å². The van der Waals surface area contributed by atoms with Crippen molar-refractivity contribution in [2.24, 2.45) is 0 Å². The average Bonchev–Trinajstić information content (AvgIpc) is 3.34. The molecule has 5 rings (SSSR count). The molecule has 3 aromatic heterocycles. The lowest BCUT2D eigenvalue weighted by Crippen LogP contribution is -2.35. The van der Waals surface area contributed by atoms with E-state index in [0.717, 1.165) is 37.2 Å². The van der Waals surface area contributed by atoms with E-state index >= 15 is 0 Å². The van der Waals surface area contributed by atoms with E-state index in [2.05, 4.69) is 38.3 Å². The smallest absolute Gasteiger partial charge is 0.267 e. The molecule has 4 heterocycles. The van der Waals surface area contributed by atoms with Gasteiger partial charge >= 0.3 is 0 Å². The summed E-state index contributed by atoms with van der Waals surface area (Å²) in [5, 5.41) is 12.9. The third-order valence-corrected chi connectivity index (χ3v) is 6.65. The van der Waals surface area contributed by atoms with Gasteiger partial charge in [0.05, 0.1) is 35.3 Å². The molecule has 8 nitrogen and oxygen atoms in total. The van der Waals surface area contributed by atoms with Gasteiger partial charge in [0, 0.05) is 19.3 Å². The Bertz CT molecular complexity index is 1420. The molecule has 37 heavy (non-hydrogen) atoms. The SMILES string of the molecule is CC(Nc1ncc(C#N)c(-c2cnc3c(C(F)F)cccn23)n1)c1ccc(OC2CCN(C)CC2)cc1. The number of alkyl halides is 2. The van der Waals surface area contributed by atoms with Gasteiger partial charge in [0.2, 0.25) is 5.95 Å². The number of nitrogens with one attached hydrogen (secondary N) is 1. The minimum Gasteiger partial charge on any atom is -0.490 e. The quantitative estimate of drug-likeness (QED) is 0.368. The number of imidazole rings is 1. The van der Waals surface area contributed by atoms with Crippen LogP contribution < -0.4 is 10.1 Å². The van der Waals surface area contributed by atoms with E-state index in [1.54, 1.807) is 6.20 Å². The van der Waals surface area contributed by atoms with Crippen molar-refractivity contribution in [1.82, 2.24) is 24.3 Å². The summed E-state index contributed by atoms with van der Waals surface area (Å²) in [4.78, 5) is 15.3. The minimum atomic E-state index is -2.67. The van der Waals surface area contributed by atoms with Crippen LogP contribution in [0.4, 0.5) is 14.7 Å². The molecule has 0 aliphatic carbocycles. The van der Waals surface area contributed by atoms with E-state index in [1.807, 2.05) is 31.2 Å². The van der Waals surface area contributed by atoms with E-state index in [9.17, 15) is 14.0 Å². The fourth-order valence-corrected chi connectivity index (χ4v) is 4.51. The molecule has 1 unspecified atom stereocenters. The van der Waals surface area contributed by atoms with Crippen LogP contribution in [-0.4, -0.2) is 50.5 Å². The summed E-state index contributed by atoms with van der Waals surface area (Å²) >= 11 is 0. The maximum atomic E-state index is 13.4. The third-order valence-electron chi connectivity index (χ3n) is 6.65. The summed E-state index contributed by atoms with van der Waals surface area (Å²) < 4.78 is 34.5. The zero-order chi connectivity index (χ0) is 25.9. The molecule has 190 valence electrons. The maximum Gasteiger partial charge on any atom is 0.267 e. The Labute approximate surface area is 213 Å². The standard InChI is InChI=1S/C27H27F2N7O/c1-17(18-5-7-20(8-6-18)37-21-9-12-35(2)13-10-21)33-27-32-15-19(14-30)24(34-27)23-16-31-26-22(25(28)29)4-3-11-36(23)26/h3-8,11,15-17,21,25H,9-10,12-13H2,1-2H3,(H,32,33,34). The van der Waals surface area contributed by atoms with E-state index < -0.39 is 6.43 Å². The first-order valence-corrected chi connectivity index (χ1v) is 12.2. The van der Waals surface area contributed by atoms with Crippen LogP contribution in [0.5, 0.6) is 5.75 Å². The number of rotatable bonds is 7. The van der Waals surface area contributed by atoms with Gasteiger partial charge in [0.25, 0.3) is 6.43 Å². The second kappa shape index (κ2) is 10.5. The molecule has 1 aliphatic heterocycles. The van der Waals surface area contributed by atoms with E-state index in [4.69, 9.17) is 4.74 Å². The van der Waals surface area contributed by atoms with E-state index in [1.165, 1.54) is 28.9 Å². The van der Waals surface area contributed by atoms with Gasteiger partial charge in [-0.3, -0.25) is 4.40 Å². The van der Waals surface area contributed by atoms with Gasteiger partial charge in [0.15, 0.2) is 0 Å². The topological polar surface area (TPSA) is 91.4 Å². The molecular weight excluding hydrogens is 476 g/mol. The van der Waals surface area contributed by atoms with Crippen LogP contribution in [0.25, 0.3) is 17.0 Å². The van der Waals surface area contributed by atoms with Crippen molar-refractivity contribution >= 4 is 11.6 Å². The van der Waals surface area contributed by atoms with Gasteiger partial charge in [-0.15, -0.1) is 0 Å². The summed E-state index contributed by atoms with van der Waals surface area (Å²) in [6.45, 7) is 4.06. The van der Waals surface area contributed by atoms with Crippen molar-refractivity contribution in [3.63, 3.8) is 0 Å². The van der Waals surface area contributed by atoms with Crippen molar-refractivity contribution < 1.29 is 13.5 Å². The molecule has 1 fully saturated rings. The number of nitrogens with zero attached hydrogens (tertiary/aromatic N) is 6. The van der Waals surface area contributed by atoms with Crippen LogP contribution in [0.1, 0.15) is 48.9 Å². The molecule has 0 radical (unpaired) electrons. The van der Waals surface area contributed by atoms with Gasteiger partial charge in [0.1, 0.15) is 29.3 Å². The van der Waals surface area contributed by atoms with Crippen molar-refractivity contribution in [3.8, 4) is 23.2 Å². The van der Waals surface area contributed by atoms with Crippen LogP contribution >= 0.6 is 0 Å². The van der Waals surface area contributed by atoms with Crippen LogP contribution in [0, 0.1) is 11.3 Å². The number of fused-ring (bicyclic) bond motifs is 1. The normalized spacial score (nSPS) is 15.6. The Kier molecular flexibility index (Phi) is 6.97. The number of halogens is 2.